The van der Waals surface area contributed by atoms with Crippen LogP contribution in [0.4, 0.5) is 5.13 Å². The predicted octanol–water partition coefficient (Wildman–Crippen LogP) is 2.65. The van der Waals surface area contributed by atoms with Crippen LogP contribution < -0.4 is 11.1 Å². The van der Waals surface area contributed by atoms with E-state index in [2.05, 4.69) is 27.7 Å². The van der Waals surface area contributed by atoms with Crippen LogP contribution in [0.3, 0.4) is 0 Å². The molecule has 21 heavy (non-hydrogen) atoms. The molecule has 1 aliphatic heterocycles. The molecule has 1 aromatic heterocycles. The fourth-order valence-electron chi connectivity index (χ4n) is 2.08. The molecule has 0 saturated carbocycles. The van der Waals surface area contributed by atoms with Crippen LogP contribution in [0, 0.1) is 0 Å². The smallest absolute Gasteiger partial charge is 0.180 e. The minimum atomic E-state index is -0.391. The first-order chi connectivity index (χ1) is 10.1. The van der Waals surface area contributed by atoms with E-state index in [1.165, 1.54) is 24.1 Å². The first-order valence-corrected chi connectivity index (χ1v) is 9.15. The zero-order valence-electron chi connectivity index (χ0n) is 12.6. The third kappa shape index (κ3) is 4.79. The molecule has 118 valence electrons. The molecule has 1 aliphatic rings. The molecule has 0 fully saturated rings. The highest BCUT2D eigenvalue weighted by molar-refractivity contribution is 7.97. The van der Waals surface area contributed by atoms with Gasteiger partial charge in [0.1, 0.15) is 5.69 Å². The molecule has 0 saturated heterocycles. The second-order valence-corrected chi connectivity index (χ2v) is 7.46. The van der Waals surface area contributed by atoms with Crippen LogP contribution in [0.15, 0.2) is 6.20 Å². The summed E-state index contributed by atoms with van der Waals surface area (Å²) in [6.45, 7) is 5.35. The zero-order valence-corrected chi connectivity index (χ0v) is 14.3. The molecule has 0 amide bonds. The van der Waals surface area contributed by atoms with Gasteiger partial charge in [-0.15, -0.1) is 0 Å². The van der Waals surface area contributed by atoms with Gasteiger partial charge >= 0.3 is 0 Å². The number of thiazole rings is 1. The largest absolute Gasteiger partial charge is 0.392 e. The summed E-state index contributed by atoms with van der Waals surface area (Å²) in [7, 11) is 0. The number of anilines is 1. The molecule has 4 N–H and O–H groups in total. The van der Waals surface area contributed by atoms with Crippen molar-refractivity contribution in [2.75, 3.05) is 18.0 Å². The number of nitrogens with zero attached hydrogens (tertiary/aromatic N) is 2. The van der Waals surface area contributed by atoms with Gasteiger partial charge in [0.05, 0.1) is 23.2 Å². The molecule has 2 heterocycles. The van der Waals surface area contributed by atoms with Crippen molar-refractivity contribution in [2.45, 2.75) is 45.8 Å². The first-order valence-electron chi connectivity index (χ1n) is 7.39. The van der Waals surface area contributed by atoms with Gasteiger partial charge in [0.25, 0.3) is 0 Å². The lowest BCUT2D eigenvalue weighted by Crippen LogP contribution is -2.27. The van der Waals surface area contributed by atoms with E-state index >= 15 is 0 Å². The molecule has 0 radical (unpaired) electrons. The van der Waals surface area contributed by atoms with E-state index in [1.807, 2.05) is 11.9 Å². The summed E-state index contributed by atoms with van der Waals surface area (Å²) in [6.07, 6.45) is 5.45. The number of aromatic nitrogens is 1. The number of nitrogens with two attached hydrogens (primary N) is 1. The lowest BCUT2D eigenvalue weighted by molar-refractivity contribution is 0.197. The molecule has 1 atom stereocenters. The highest BCUT2D eigenvalue weighted by Crippen LogP contribution is 2.33. The summed E-state index contributed by atoms with van der Waals surface area (Å²) in [5.41, 5.74) is 7.73. The van der Waals surface area contributed by atoms with Gasteiger partial charge in [0.15, 0.2) is 5.13 Å². The standard InChI is InChI=1S/C14H24N4OS2/c1-3-4-5-6-20-18-8-11(16-7-10(2)19)13-12(9-18)21-14(15)17-13/h8,10,16,19H,3-7,9H2,1-2H3,(H2,15,17). The Kier molecular flexibility index (Phi) is 6.20. The Hall–Kier alpha value is -0.920. The van der Waals surface area contributed by atoms with Crippen molar-refractivity contribution in [1.29, 1.82) is 0 Å². The van der Waals surface area contributed by atoms with Gasteiger partial charge < -0.3 is 20.5 Å². The van der Waals surface area contributed by atoms with E-state index in [1.54, 1.807) is 18.3 Å². The number of unbranched alkanes of at least 4 members (excludes halogenated alkanes) is 2. The van der Waals surface area contributed by atoms with Crippen LogP contribution in [0.2, 0.25) is 0 Å². The van der Waals surface area contributed by atoms with Crippen LogP contribution in [0.1, 0.15) is 43.7 Å². The molecular weight excluding hydrogens is 304 g/mol. The van der Waals surface area contributed by atoms with Crippen molar-refractivity contribution < 1.29 is 5.11 Å². The van der Waals surface area contributed by atoms with Gasteiger partial charge in [0.2, 0.25) is 0 Å². The van der Waals surface area contributed by atoms with Crippen LogP contribution in [-0.4, -0.2) is 32.8 Å². The third-order valence-electron chi connectivity index (χ3n) is 3.13. The second-order valence-electron chi connectivity index (χ2n) is 5.21. The monoisotopic (exact) mass is 328 g/mol. The summed E-state index contributed by atoms with van der Waals surface area (Å²) in [5.74, 6) is 1.12. The minimum Gasteiger partial charge on any atom is -0.392 e. The van der Waals surface area contributed by atoms with Gasteiger partial charge in [-0.25, -0.2) is 4.98 Å². The Morgan fingerprint density at radius 1 is 1.57 bits per heavy atom. The number of fused-ring (bicyclic) bond motifs is 1. The molecule has 5 nitrogen and oxygen atoms in total. The maximum atomic E-state index is 9.45. The molecule has 1 unspecified atom stereocenters. The van der Waals surface area contributed by atoms with E-state index in [9.17, 15) is 5.11 Å². The third-order valence-corrected chi connectivity index (χ3v) is 5.04. The molecule has 0 bridgehead atoms. The number of rotatable bonds is 8. The van der Waals surface area contributed by atoms with Crippen molar-refractivity contribution in [3.8, 4) is 0 Å². The molecule has 7 heteroatoms. The Bertz CT molecular complexity index is 487. The molecule has 0 spiro atoms. The fourth-order valence-corrected chi connectivity index (χ4v) is 3.98. The Morgan fingerprint density at radius 3 is 3.10 bits per heavy atom. The number of aliphatic hydroxyl groups excluding tert-OH is 1. The van der Waals surface area contributed by atoms with Crippen LogP contribution in [-0.2, 0) is 6.54 Å². The van der Waals surface area contributed by atoms with Gasteiger partial charge in [-0.3, -0.25) is 0 Å². The number of nitrogens with one attached hydrogen (secondary N) is 1. The number of hydrogen-bond acceptors (Lipinski definition) is 7. The summed E-state index contributed by atoms with van der Waals surface area (Å²) in [6, 6.07) is 0. The van der Waals surface area contributed by atoms with Crippen molar-refractivity contribution in [2.24, 2.45) is 0 Å². The second kappa shape index (κ2) is 7.91. The SMILES string of the molecule is CCCCCSN1C=C(NCC(C)O)c2nc(N)sc2C1. The van der Waals surface area contributed by atoms with Crippen LogP contribution in [0.25, 0.3) is 5.70 Å². The van der Waals surface area contributed by atoms with Crippen molar-refractivity contribution >= 4 is 34.1 Å². The topological polar surface area (TPSA) is 74.4 Å². The summed E-state index contributed by atoms with van der Waals surface area (Å²) < 4.78 is 2.24. The maximum absolute atomic E-state index is 9.45. The van der Waals surface area contributed by atoms with Crippen molar-refractivity contribution in [1.82, 2.24) is 14.6 Å². The lowest BCUT2D eigenvalue weighted by Gasteiger charge is -2.25. The van der Waals surface area contributed by atoms with E-state index < -0.39 is 6.10 Å². The van der Waals surface area contributed by atoms with Crippen molar-refractivity contribution in [3.63, 3.8) is 0 Å². The van der Waals surface area contributed by atoms with E-state index in [4.69, 9.17) is 5.73 Å². The Balaban J connectivity index is 2.02. The summed E-state index contributed by atoms with van der Waals surface area (Å²) in [4.78, 5) is 5.59. The van der Waals surface area contributed by atoms with Crippen LogP contribution >= 0.6 is 23.3 Å². The number of hydrogen-bond donors (Lipinski definition) is 3. The van der Waals surface area contributed by atoms with Crippen LogP contribution in [0.5, 0.6) is 0 Å². The molecule has 2 rings (SSSR count). The maximum Gasteiger partial charge on any atom is 0.180 e. The number of nitrogen functional groups attached to an aromatic ring is 1. The molecular formula is C14H24N4OS2. The molecule has 1 aromatic rings. The highest BCUT2D eigenvalue weighted by atomic mass is 32.2. The molecule has 0 aromatic carbocycles. The fraction of sp³-hybridized carbons (Fsp3) is 0.643. The normalized spacial score (nSPS) is 15.6. The summed E-state index contributed by atoms with van der Waals surface area (Å²) in [5, 5.41) is 13.3. The van der Waals surface area contributed by atoms with Gasteiger partial charge in [-0.1, -0.05) is 31.1 Å². The highest BCUT2D eigenvalue weighted by Gasteiger charge is 2.22. The predicted molar refractivity (Wildman–Crippen MR) is 91.7 cm³/mol. The van der Waals surface area contributed by atoms with E-state index in [0.29, 0.717) is 11.7 Å². The minimum absolute atomic E-state index is 0.391. The number of aliphatic hydroxyl groups is 1. The van der Waals surface area contributed by atoms with Gasteiger partial charge in [-0.2, -0.15) is 0 Å². The van der Waals surface area contributed by atoms with Gasteiger partial charge in [-0.05, 0) is 25.3 Å². The summed E-state index contributed by atoms with van der Waals surface area (Å²) >= 11 is 3.38. The lowest BCUT2D eigenvalue weighted by atomic mass is 10.2. The first kappa shape index (κ1) is 16.5. The van der Waals surface area contributed by atoms with Crippen molar-refractivity contribution in [3.05, 3.63) is 16.8 Å². The average Bonchev–Trinajstić information content (AvgIpc) is 2.81. The Morgan fingerprint density at radius 2 is 2.38 bits per heavy atom. The van der Waals surface area contributed by atoms with E-state index in [-0.39, 0.29) is 0 Å². The Labute approximate surface area is 134 Å². The molecule has 0 aliphatic carbocycles. The quantitative estimate of drug-likeness (QED) is 0.503. The van der Waals surface area contributed by atoms with E-state index in [0.717, 1.165) is 23.7 Å². The average molecular weight is 329 g/mol. The zero-order chi connectivity index (χ0) is 15.2. The van der Waals surface area contributed by atoms with Gasteiger partial charge in [0, 0.05) is 18.5 Å².